The van der Waals surface area contributed by atoms with E-state index in [0.29, 0.717) is 11.5 Å². The van der Waals surface area contributed by atoms with Crippen LogP contribution in [0.4, 0.5) is 11.8 Å². The van der Waals surface area contributed by atoms with Gasteiger partial charge >= 0.3 is 0 Å². The van der Waals surface area contributed by atoms with E-state index in [1.807, 2.05) is 23.9 Å². The SMILES string of the molecule is Cn1cncc1-c1ccc2c(N3CCN(C4CC4)CC3)nc(NC(=O)c3ccncc3)nc2c1. The van der Waals surface area contributed by atoms with Crippen LogP contribution >= 0.6 is 0 Å². The Labute approximate surface area is 197 Å². The number of anilines is 2. The lowest BCUT2D eigenvalue weighted by Gasteiger charge is -2.36. The standard InChI is InChI=1S/C25H26N8O/c1-31-16-27-15-22(31)18-2-5-20-21(14-18)28-25(30-24(34)17-6-8-26-9-7-17)29-23(20)33-12-10-32(11-13-33)19-3-4-19/h2,5-9,14-16,19H,3-4,10-13H2,1H3,(H,28,29,30,34). The molecule has 1 saturated heterocycles. The van der Waals surface area contributed by atoms with Crippen molar-refractivity contribution in [2.45, 2.75) is 18.9 Å². The van der Waals surface area contributed by atoms with E-state index in [4.69, 9.17) is 9.97 Å². The number of rotatable bonds is 5. The number of imidazole rings is 1. The van der Waals surface area contributed by atoms with E-state index >= 15 is 0 Å². The largest absolute Gasteiger partial charge is 0.353 e. The van der Waals surface area contributed by atoms with E-state index in [0.717, 1.165) is 60.2 Å². The normalized spacial score (nSPS) is 16.7. The van der Waals surface area contributed by atoms with Gasteiger partial charge in [-0.2, -0.15) is 4.98 Å². The summed E-state index contributed by atoms with van der Waals surface area (Å²) in [4.78, 5) is 35.5. The highest BCUT2D eigenvalue weighted by atomic mass is 16.1. The third-order valence-electron chi connectivity index (χ3n) is 6.63. The van der Waals surface area contributed by atoms with Gasteiger partial charge in [0.1, 0.15) is 5.82 Å². The number of nitrogens with zero attached hydrogens (tertiary/aromatic N) is 7. The number of nitrogens with one attached hydrogen (secondary N) is 1. The van der Waals surface area contributed by atoms with E-state index in [1.165, 1.54) is 12.8 Å². The average molecular weight is 455 g/mol. The van der Waals surface area contributed by atoms with Crippen LogP contribution in [0.25, 0.3) is 22.2 Å². The van der Waals surface area contributed by atoms with Crippen molar-refractivity contribution in [3.63, 3.8) is 0 Å². The molecule has 9 nitrogen and oxygen atoms in total. The molecule has 0 bridgehead atoms. The van der Waals surface area contributed by atoms with Crippen molar-refractivity contribution >= 4 is 28.6 Å². The topological polar surface area (TPSA) is 92.1 Å². The molecule has 2 fully saturated rings. The van der Waals surface area contributed by atoms with Crippen LogP contribution < -0.4 is 10.2 Å². The number of hydrogen-bond acceptors (Lipinski definition) is 7. The molecule has 9 heteroatoms. The van der Waals surface area contributed by atoms with E-state index < -0.39 is 0 Å². The Morgan fingerprint density at radius 2 is 1.79 bits per heavy atom. The third kappa shape index (κ3) is 3.99. The lowest BCUT2D eigenvalue weighted by Crippen LogP contribution is -2.47. The number of pyridine rings is 1. The van der Waals surface area contributed by atoms with Gasteiger partial charge < -0.3 is 9.47 Å². The summed E-state index contributed by atoms with van der Waals surface area (Å²) in [5.74, 6) is 0.909. The maximum atomic E-state index is 12.8. The predicted molar refractivity (Wildman–Crippen MR) is 131 cm³/mol. The molecule has 1 amide bonds. The van der Waals surface area contributed by atoms with Crippen LogP contribution in [0.3, 0.4) is 0 Å². The Morgan fingerprint density at radius 1 is 1.00 bits per heavy atom. The van der Waals surface area contributed by atoms with Gasteiger partial charge in [-0.1, -0.05) is 6.07 Å². The van der Waals surface area contributed by atoms with Crippen molar-refractivity contribution in [3.8, 4) is 11.3 Å². The highest BCUT2D eigenvalue weighted by Crippen LogP contribution is 2.32. The number of carbonyl (C=O) groups is 1. The smallest absolute Gasteiger partial charge is 0.258 e. The third-order valence-corrected chi connectivity index (χ3v) is 6.63. The minimum atomic E-state index is -0.256. The fraction of sp³-hybridized carbons (Fsp3) is 0.320. The van der Waals surface area contributed by atoms with Gasteiger partial charge in [0.15, 0.2) is 0 Å². The first-order valence-corrected chi connectivity index (χ1v) is 11.6. The highest BCUT2D eigenvalue weighted by molar-refractivity contribution is 6.04. The van der Waals surface area contributed by atoms with Crippen LogP contribution in [-0.4, -0.2) is 67.5 Å². The molecule has 172 valence electrons. The molecule has 0 radical (unpaired) electrons. The molecule has 4 aromatic rings. The molecule has 1 N–H and O–H groups in total. The maximum Gasteiger partial charge on any atom is 0.258 e. The second-order valence-electron chi connectivity index (χ2n) is 8.94. The first-order chi connectivity index (χ1) is 16.7. The van der Waals surface area contributed by atoms with E-state index in [1.54, 1.807) is 30.9 Å². The van der Waals surface area contributed by atoms with Crippen LogP contribution in [0.5, 0.6) is 0 Å². The Hall–Kier alpha value is -3.85. The number of aromatic nitrogens is 5. The zero-order valence-electron chi connectivity index (χ0n) is 19.1. The summed E-state index contributed by atoms with van der Waals surface area (Å²) in [6.07, 6.45) is 9.45. The van der Waals surface area contributed by atoms with Crippen LogP contribution in [0.1, 0.15) is 23.2 Å². The Balaban J connectivity index is 1.38. The molecule has 1 saturated carbocycles. The van der Waals surface area contributed by atoms with Crippen LogP contribution in [0.15, 0.2) is 55.2 Å². The number of hydrogen-bond donors (Lipinski definition) is 1. The number of benzene rings is 1. The summed E-state index contributed by atoms with van der Waals surface area (Å²) in [6, 6.07) is 10.3. The minimum Gasteiger partial charge on any atom is -0.353 e. The first-order valence-electron chi connectivity index (χ1n) is 11.6. The summed E-state index contributed by atoms with van der Waals surface area (Å²) in [5, 5.41) is 3.87. The van der Waals surface area contributed by atoms with Gasteiger partial charge in [0, 0.05) is 68.2 Å². The summed E-state index contributed by atoms with van der Waals surface area (Å²) in [7, 11) is 1.97. The maximum absolute atomic E-state index is 12.8. The second-order valence-corrected chi connectivity index (χ2v) is 8.94. The number of fused-ring (bicyclic) bond motifs is 1. The van der Waals surface area contributed by atoms with Crippen molar-refractivity contribution < 1.29 is 4.79 Å². The molecular weight excluding hydrogens is 428 g/mol. The molecule has 2 aliphatic rings. The van der Waals surface area contributed by atoms with Crippen LogP contribution in [-0.2, 0) is 7.05 Å². The predicted octanol–water partition coefficient (Wildman–Crippen LogP) is 2.96. The van der Waals surface area contributed by atoms with Crippen molar-refractivity contribution in [1.82, 2.24) is 29.4 Å². The van der Waals surface area contributed by atoms with Gasteiger partial charge in [0.25, 0.3) is 5.91 Å². The Kier molecular flexibility index (Phi) is 5.18. The van der Waals surface area contributed by atoms with Gasteiger partial charge in [0.05, 0.1) is 23.7 Å². The number of carbonyl (C=O) groups excluding carboxylic acids is 1. The van der Waals surface area contributed by atoms with Crippen molar-refractivity contribution in [2.24, 2.45) is 7.05 Å². The van der Waals surface area contributed by atoms with Gasteiger partial charge in [-0.25, -0.2) is 9.97 Å². The average Bonchev–Trinajstić information content (AvgIpc) is 3.64. The van der Waals surface area contributed by atoms with Crippen LogP contribution in [0.2, 0.25) is 0 Å². The molecule has 0 atom stereocenters. The molecule has 6 rings (SSSR count). The monoisotopic (exact) mass is 454 g/mol. The molecule has 1 aliphatic carbocycles. The molecule has 0 unspecified atom stereocenters. The summed E-state index contributed by atoms with van der Waals surface area (Å²) < 4.78 is 1.98. The number of amides is 1. The Bertz CT molecular complexity index is 1340. The fourth-order valence-corrected chi connectivity index (χ4v) is 4.62. The summed E-state index contributed by atoms with van der Waals surface area (Å²) >= 11 is 0. The molecular formula is C25H26N8O. The lowest BCUT2D eigenvalue weighted by atomic mass is 10.1. The van der Waals surface area contributed by atoms with Gasteiger partial charge in [-0.15, -0.1) is 0 Å². The number of aryl methyl sites for hydroxylation is 1. The van der Waals surface area contributed by atoms with Gasteiger partial charge in [-0.3, -0.25) is 20.0 Å². The summed E-state index contributed by atoms with van der Waals surface area (Å²) in [5.41, 5.74) is 3.32. The molecule has 1 aliphatic heterocycles. The zero-order chi connectivity index (χ0) is 23.1. The van der Waals surface area contributed by atoms with Gasteiger partial charge in [-0.05, 0) is 37.1 Å². The molecule has 3 aromatic heterocycles. The van der Waals surface area contributed by atoms with E-state index in [2.05, 4.69) is 37.2 Å². The Morgan fingerprint density at radius 3 is 2.50 bits per heavy atom. The van der Waals surface area contributed by atoms with Crippen molar-refractivity contribution in [1.29, 1.82) is 0 Å². The van der Waals surface area contributed by atoms with Crippen LogP contribution in [0, 0.1) is 0 Å². The molecule has 4 heterocycles. The van der Waals surface area contributed by atoms with E-state index in [9.17, 15) is 4.79 Å². The molecule has 34 heavy (non-hydrogen) atoms. The zero-order valence-corrected chi connectivity index (χ0v) is 19.1. The molecule has 0 spiro atoms. The minimum absolute atomic E-state index is 0.256. The highest BCUT2D eigenvalue weighted by Gasteiger charge is 2.32. The number of piperazine rings is 1. The second kappa shape index (κ2) is 8.49. The van der Waals surface area contributed by atoms with E-state index in [-0.39, 0.29) is 5.91 Å². The molecule has 1 aromatic carbocycles. The lowest BCUT2D eigenvalue weighted by molar-refractivity contribution is 0.102. The van der Waals surface area contributed by atoms with Crippen molar-refractivity contribution in [2.75, 3.05) is 36.4 Å². The fourth-order valence-electron chi connectivity index (χ4n) is 4.62. The quantitative estimate of drug-likeness (QED) is 0.496. The first kappa shape index (κ1) is 20.7. The van der Waals surface area contributed by atoms with Gasteiger partial charge in [0.2, 0.25) is 5.95 Å². The van der Waals surface area contributed by atoms with Crippen molar-refractivity contribution in [3.05, 3.63) is 60.8 Å². The summed E-state index contributed by atoms with van der Waals surface area (Å²) in [6.45, 7) is 3.87.